The van der Waals surface area contributed by atoms with E-state index >= 15 is 0 Å². The van der Waals surface area contributed by atoms with Gasteiger partial charge in [0.2, 0.25) is 0 Å². The van der Waals surface area contributed by atoms with Gasteiger partial charge in [0.25, 0.3) is 11.8 Å². The molecular formula is C27H27BrClN3O5. The summed E-state index contributed by atoms with van der Waals surface area (Å²) >= 11 is 9.75. The number of methoxy groups -OCH3 is 1. The highest BCUT2D eigenvalue weighted by atomic mass is 79.9. The molecule has 2 N–H and O–H groups in total. The molecule has 10 heteroatoms. The Morgan fingerprint density at radius 2 is 1.84 bits per heavy atom. The Kier molecular flexibility index (Phi) is 10.3. The molecule has 0 spiro atoms. The predicted octanol–water partition coefficient (Wildman–Crippen LogP) is 5.36. The molecule has 3 rings (SSSR count). The van der Waals surface area contributed by atoms with Crippen LogP contribution in [0.2, 0.25) is 5.02 Å². The van der Waals surface area contributed by atoms with Crippen LogP contribution in [0.3, 0.4) is 0 Å². The molecule has 1 unspecified atom stereocenters. The minimum Gasteiger partial charge on any atom is -0.497 e. The summed E-state index contributed by atoms with van der Waals surface area (Å²) in [5, 5.41) is 7.27. The minimum atomic E-state index is -0.807. The highest BCUT2D eigenvalue weighted by molar-refractivity contribution is 9.10. The number of benzene rings is 3. The van der Waals surface area contributed by atoms with Crippen molar-refractivity contribution in [3.05, 3.63) is 86.8 Å². The number of hydrogen-bond acceptors (Lipinski definition) is 6. The lowest BCUT2D eigenvalue weighted by Crippen LogP contribution is -2.43. The quantitative estimate of drug-likeness (QED) is 0.232. The Balaban J connectivity index is 1.62. The fraction of sp³-hybridized carbons (Fsp3) is 0.222. The normalized spacial score (nSPS) is 11.6. The second-order valence-corrected chi connectivity index (χ2v) is 9.06. The van der Waals surface area contributed by atoms with Crippen LogP contribution in [0.1, 0.15) is 35.3 Å². The van der Waals surface area contributed by atoms with Crippen LogP contribution in [0.15, 0.2) is 70.2 Å². The summed E-state index contributed by atoms with van der Waals surface area (Å²) in [5.74, 6) is 0.819. The fourth-order valence-electron chi connectivity index (χ4n) is 3.19. The first kappa shape index (κ1) is 28.0. The molecule has 0 bridgehead atoms. The van der Waals surface area contributed by atoms with Crippen molar-refractivity contribution in [3.63, 3.8) is 0 Å². The highest BCUT2D eigenvalue weighted by Gasteiger charge is 2.17. The molecule has 1 atom stereocenters. The largest absolute Gasteiger partial charge is 0.497 e. The first-order chi connectivity index (χ1) is 17.8. The van der Waals surface area contributed by atoms with Crippen molar-refractivity contribution in [2.24, 2.45) is 5.10 Å². The minimum absolute atomic E-state index is 0.266. The maximum Gasteiger partial charge on any atom is 0.262 e. The summed E-state index contributed by atoms with van der Waals surface area (Å²) in [4.78, 5) is 24.8. The van der Waals surface area contributed by atoms with Gasteiger partial charge in [0, 0.05) is 16.1 Å². The van der Waals surface area contributed by atoms with Crippen molar-refractivity contribution >= 4 is 45.6 Å². The third kappa shape index (κ3) is 7.96. The predicted molar refractivity (Wildman–Crippen MR) is 147 cm³/mol. The molecule has 8 nitrogen and oxygen atoms in total. The van der Waals surface area contributed by atoms with Crippen LogP contribution in [0.4, 0.5) is 0 Å². The molecule has 0 aromatic heterocycles. The molecule has 0 aliphatic carbocycles. The van der Waals surface area contributed by atoms with Gasteiger partial charge in [0.05, 0.1) is 24.4 Å². The topological polar surface area (TPSA) is 98.2 Å². The summed E-state index contributed by atoms with van der Waals surface area (Å²) in [6.45, 7) is 4.13. The number of halogens is 2. The van der Waals surface area contributed by atoms with Crippen molar-refractivity contribution in [1.82, 2.24) is 10.7 Å². The summed E-state index contributed by atoms with van der Waals surface area (Å²) in [5.41, 5.74) is 4.36. The van der Waals surface area contributed by atoms with Crippen LogP contribution in [0.5, 0.6) is 17.2 Å². The molecule has 3 aromatic rings. The van der Waals surface area contributed by atoms with Gasteiger partial charge in [-0.2, -0.15) is 5.10 Å². The number of carbonyl (C=O) groups is 2. The Morgan fingerprint density at radius 3 is 2.51 bits per heavy atom. The van der Waals surface area contributed by atoms with Crippen molar-refractivity contribution < 1.29 is 23.8 Å². The Bertz CT molecular complexity index is 1270. The lowest BCUT2D eigenvalue weighted by Gasteiger charge is -2.15. The van der Waals surface area contributed by atoms with Crippen molar-refractivity contribution in [3.8, 4) is 17.2 Å². The van der Waals surface area contributed by atoms with E-state index in [1.807, 2.05) is 25.1 Å². The number of amides is 2. The molecule has 0 saturated carbocycles. The van der Waals surface area contributed by atoms with Crippen LogP contribution >= 0.6 is 27.5 Å². The van der Waals surface area contributed by atoms with E-state index in [4.69, 9.17) is 25.8 Å². The van der Waals surface area contributed by atoms with Gasteiger partial charge in [-0.25, -0.2) is 5.43 Å². The van der Waals surface area contributed by atoms with Crippen LogP contribution in [0, 0.1) is 0 Å². The second kappa shape index (κ2) is 13.7. The lowest BCUT2D eigenvalue weighted by atomic mass is 10.2. The van der Waals surface area contributed by atoms with Crippen LogP contribution < -0.4 is 25.0 Å². The van der Waals surface area contributed by atoms with Crippen LogP contribution in [-0.4, -0.2) is 37.8 Å². The molecule has 194 valence electrons. The van der Waals surface area contributed by atoms with E-state index < -0.39 is 11.9 Å². The Morgan fingerprint density at radius 1 is 1.11 bits per heavy atom. The standard InChI is InChI=1S/C27H27BrClN3O5/c1-4-36-24-14-18(13-22(28)25(24)37-16-20-7-5-6-8-23(20)29)15-30-32-26(33)17(2)31-27(34)19-9-11-21(35-3)12-10-19/h5-15,17H,4,16H2,1-3H3,(H,31,34)(H,32,33). The SMILES string of the molecule is CCOc1cc(C=NNC(=O)C(C)NC(=O)c2ccc(OC)cc2)cc(Br)c1OCc1ccccc1Cl. The Labute approximate surface area is 229 Å². The van der Waals surface area contributed by atoms with E-state index in [0.29, 0.717) is 44.5 Å². The van der Waals surface area contributed by atoms with Gasteiger partial charge in [-0.1, -0.05) is 29.8 Å². The third-order valence-electron chi connectivity index (χ3n) is 5.14. The fourth-order valence-corrected chi connectivity index (χ4v) is 3.95. The van der Waals surface area contributed by atoms with Crippen LogP contribution in [-0.2, 0) is 11.4 Å². The van der Waals surface area contributed by atoms with Crippen molar-refractivity contribution in [2.45, 2.75) is 26.5 Å². The number of nitrogens with zero attached hydrogens (tertiary/aromatic N) is 1. The van der Waals surface area contributed by atoms with Gasteiger partial charge in [-0.05, 0) is 77.8 Å². The smallest absolute Gasteiger partial charge is 0.262 e. The molecule has 3 aromatic carbocycles. The van der Waals surface area contributed by atoms with Crippen LogP contribution in [0.25, 0.3) is 0 Å². The van der Waals surface area contributed by atoms with Crippen molar-refractivity contribution in [2.75, 3.05) is 13.7 Å². The molecule has 0 fully saturated rings. The summed E-state index contributed by atoms with van der Waals surface area (Å²) < 4.78 is 17.5. The molecule has 0 aliphatic rings. The van der Waals surface area contributed by atoms with E-state index in [9.17, 15) is 9.59 Å². The molecule has 0 saturated heterocycles. The zero-order valence-electron chi connectivity index (χ0n) is 20.6. The van der Waals surface area contributed by atoms with Gasteiger partial charge in [-0.15, -0.1) is 0 Å². The maximum atomic E-state index is 12.4. The zero-order chi connectivity index (χ0) is 26.8. The van der Waals surface area contributed by atoms with E-state index in [-0.39, 0.29) is 12.5 Å². The average Bonchev–Trinajstić information content (AvgIpc) is 2.89. The van der Waals surface area contributed by atoms with Crippen molar-refractivity contribution in [1.29, 1.82) is 0 Å². The number of rotatable bonds is 11. The maximum absolute atomic E-state index is 12.4. The van der Waals surface area contributed by atoms with Gasteiger partial charge >= 0.3 is 0 Å². The van der Waals surface area contributed by atoms with E-state index in [1.54, 1.807) is 56.5 Å². The second-order valence-electron chi connectivity index (χ2n) is 7.80. The summed E-state index contributed by atoms with van der Waals surface area (Å²) in [6.07, 6.45) is 1.47. The average molecular weight is 589 g/mol. The van der Waals surface area contributed by atoms with E-state index in [2.05, 4.69) is 31.8 Å². The third-order valence-corrected chi connectivity index (χ3v) is 6.10. The van der Waals surface area contributed by atoms with Gasteiger partial charge in [0.1, 0.15) is 18.4 Å². The number of hydrazone groups is 1. The first-order valence-electron chi connectivity index (χ1n) is 11.4. The van der Waals surface area contributed by atoms with Gasteiger partial charge in [-0.3, -0.25) is 9.59 Å². The summed E-state index contributed by atoms with van der Waals surface area (Å²) in [7, 11) is 1.54. The molecule has 0 heterocycles. The zero-order valence-corrected chi connectivity index (χ0v) is 22.9. The van der Waals surface area contributed by atoms with E-state index in [1.165, 1.54) is 6.21 Å². The Hall–Kier alpha value is -3.56. The summed E-state index contributed by atoms with van der Waals surface area (Å²) in [6, 6.07) is 16.8. The van der Waals surface area contributed by atoms with Gasteiger partial charge in [0.15, 0.2) is 11.5 Å². The van der Waals surface area contributed by atoms with E-state index in [0.717, 1.165) is 5.56 Å². The first-order valence-corrected chi connectivity index (χ1v) is 12.6. The number of carbonyl (C=O) groups excluding carboxylic acids is 2. The molecule has 37 heavy (non-hydrogen) atoms. The lowest BCUT2D eigenvalue weighted by molar-refractivity contribution is -0.122. The number of hydrogen-bond donors (Lipinski definition) is 2. The molecule has 0 radical (unpaired) electrons. The molecule has 2 amide bonds. The molecular weight excluding hydrogens is 562 g/mol. The monoisotopic (exact) mass is 587 g/mol. The number of nitrogens with one attached hydrogen (secondary N) is 2. The van der Waals surface area contributed by atoms with Gasteiger partial charge < -0.3 is 19.5 Å². The molecule has 0 aliphatic heterocycles. The number of ether oxygens (including phenoxy) is 3. The highest BCUT2D eigenvalue weighted by Crippen LogP contribution is 2.37.